The molecule has 0 aliphatic rings. The smallest absolute Gasteiger partial charge is 0.146 e. The summed E-state index contributed by atoms with van der Waals surface area (Å²) in [4.78, 5) is 0. The molecule has 6 nitrogen and oxygen atoms in total. The van der Waals surface area contributed by atoms with Crippen LogP contribution in [-0.2, 0) is 6.54 Å². The Bertz CT molecular complexity index is 651. The van der Waals surface area contributed by atoms with Crippen LogP contribution in [0.15, 0.2) is 47.3 Å². The molecule has 2 aromatic heterocycles. The van der Waals surface area contributed by atoms with E-state index in [0.717, 1.165) is 5.76 Å². The number of anilines is 1. The fourth-order valence-corrected chi connectivity index (χ4v) is 1.67. The van der Waals surface area contributed by atoms with E-state index in [4.69, 9.17) is 4.42 Å². The second-order valence-electron chi connectivity index (χ2n) is 3.85. The van der Waals surface area contributed by atoms with Crippen LogP contribution < -0.4 is 5.32 Å². The Kier molecular flexibility index (Phi) is 2.93. The summed E-state index contributed by atoms with van der Waals surface area (Å²) in [6.07, 6.45) is 3.02. The first-order valence-corrected chi connectivity index (χ1v) is 5.62. The fraction of sp³-hybridized carbons (Fsp3) is 0.0833. The standard InChI is InChI=1S/C12H10FN5O/c13-11-4-3-9(18-8-15-16-17-18)6-12(11)14-7-10-2-1-5-19-10/h1-6,8,14H,7H2. The van der Waals surface area contributed by atoms with E-state index in [1.807, 2.05) is 6.07 Å². The maximum absolute atomic E-state index is 13.7. The third-order valence-electron chi connectivity index (χ3n) is 2.60. The first kappa shape index (κ1) is 11.4. The maximum Gasteiger partial charge on any atom is 0.146 e. The number of halogens is 1. The molecule has 0 radical (unpaired) electrons. The Hall–Kier alpha value is -2.70. The van der Waals surface area contributed by atoms with Gasteiger partial charge in [-0.15, -0.1) is 5.10 Å². The lowest BCUT2D eigenvalue weighted by molar-refractivity contribution is 0.517. The van der Waals surface area contributed by atoms with Crippen molar-refractivity contribution >= 4 is 5.69 Å². The van der Waals surface area contributed by atoms with Gasteiger partial charge in [0.25, 0.3) is 0 Å². The van der Waals surface area contributed by atoms with Crippen molar-refractivity contribution < 1.29 is 8.81 Å². The van der Waals surface area contributed by atoms with Crippen LogP contribution in [0.1, 0.15) is 5.76 Å². The van der Waals surface area contributed by atoms with Crippen molar-refractivity contribution in [2.75, 3.05) is 5.32 Å². The Labute approximate surface area is 107 Å². The third kappa shape index (κ3) is 2.44. The van der Waals surface area contributed by atoms with Gasteiger partial charge in [-0.1, -0.05) is 0 Å². The highest BCUT2D eigenvalue weighted by atomic mass is 19.1. The lowest BCUT2D eigenvalue weighted by atomic mass is 10.2. The summed E-state index contributed by atoms with van der Waals surface area (Å²) in [7, 11) is 0. The first-order valence-electron chi connectivity index (χ1n) is 5.62. The molecule has 0 aliphatic carbocycles. The molecule has 1 aromatic carbocycles. The molecular formula is C12H10FN5O. The summed E-state index contributed by atoms with van der Waals surface area (Å²) in [5.41, 5.74) is 1.04. The van der Waals surface area contributed by atoms with Crippen molar-refractivity contribution in [1.29, 1.82) is 0 Å². The monoisotopic (exact) mass is 259 g/mol. The van der Waals surface area contributed by atoms with Gasteiger partial charge in [0, 0.05) is 0 Å². The molecule has 19 heavy (non-hydrogen) atoms. The number of nitrogens with zero attached hydrogens (tertiary/aromatic N) is 4. The predicted molar refractivity (Wildman–Crippen MR) is 65.1 cm³/mol. The van der Waals surface area contributed by atoms with E-state index in [0.29, 0.717) is 17.9 Å². The number of rotatable bonds is 4. The quantitative estimate of drug-likeness (QED) is 0.776. The largest absolute Gasteiger partial charge is 0.467 e. The summed E-state index contributed by atoms with van der Waals surface area (Å²) in [5.74, 6) is 0.385. The third-order valence-corrected chi connectivity index (χ3v) is 2.60. The van der Waals surface area contributed by atoms with Crippen molar-refractivity contribution in [2.45, 2.75) is 6.54 Å². The molecule has 0 saturated heterocycles. The van der Waals surface area contributed by atoms with Gasteiger partial charge in [-0.3, -0.25) is 0 Å². The average molecular weight is 259 g/mol. The molecule has 0 amide bonds. The van der Waals surface area contributed by atoms with E-state index < -0.39 is 0 Å². The molecule has 96 valence electrons. The number of hydrogen-bond acceptors (Lipinski definition) is 5. The Morgan fingerprint density at radius 1 is 1.32 bits per heavy atom. The van der Waals surface area contributed by atoms with Gasteiger partial charge < -0.3 is 9.73 Å². The minimum absolute atomic E-state index is 0.344. The highest BCUT2D eigenvalue weighted by molar-refractivity contribution is 5.52. The van der Waals surface area contributed by atoms with Crippen LogP contribution in [0.5, 0.6) is 0 Å². The summed E-state index contributed by atoms with van der Waals surface area (Å²) >= 11 is 0. The van der Waals surface area contributed by atoms with Crippen LogP contribution >= 0.6 is 0 Å². The van der Waals surface area contributed by atoms with Crippen LogP contribution in [0.25, 0.3) is 5.69 Å². The zero-order valence-electron chi connectivity index (χ0n) is 9.82. The molecule has 0 saturated carbocycles. The summed E-state index contributed by atoms with van der Waals surface area (Å²) in [5, 5.41) is 13.8. The fourth-order valence-electron chi connectivity index (χ4n) is 1.67. The normalized spacial score (nSPS) is 10.6. The number of benzene rings is 1. The number of furan rings is 1. The van der Waals surface area contributed by atoms with Gasteiger partial charge in [0.05, 0.1) is 24.2 Å². The van der Waals surface area contributed by atoms with Crippen LogP contribution in [0, 0.1) is 5.82 Å². The Morgan fingerprint density at radius 3 is 3.00 bits per heavy atom. The van der Waals surface area contributed by atoms with Crippen molar-refractivity contribution in [3.8, 4) is 5.69 Å². The summed E-state index contributed by atoms with van der Waals surface area (Å²) in [6, 6.07) is 8.20. The number of tetrazole rings is 1. The molecule has 0 bridgehead atoms. The predicted octanol–water partition coefficient (Wildman–Crippen LogP) is 2.01. The van der Waals surface area contributed by atoms with E-state index in [2.05, 4.69) is 20.8 Å². The molecular weight excluding hydrogens is 249 g/mol. The van der Waals surface area contributed by atoms with Gasteiger partial charge in [-0.2, -0.15) is 0 Å². The summed E-state index contributed by atoms with van der Waals surface area (Å²) in [6.45, 7) is 0.406. The highest BCUT2D eigenvalue weighted by Gasteiger charge is 2.06. The molecule has 1 N–H and O–H groups in total. The van der Waals surface area contributed by atoms with Crippen molar-refractivity contribution in [3.05, 3.63) is 54.5 Å². The van der Waals surface area contributed by atoms with Crippen LogP contribution in [-0.4, -0.2) is 20.2 Å². The van der Waals surface area contributed by atoms with Crippen molar-refractivity contribution in [1.82, 2.24) is 20.2 Å². The molecule has 0 unspecified atom stereocenters. The Morgan fingerprint density at radius 2 is 2.26 bits per heavy atom. The van der Waals surface area contributed by atoms with Crippen molar-refractivity contribution in [3.63, 3.8) is 0 Å². The number of nitrogens with one attached hydrogen (secondary N) is 1. The lowest BCUT2D eigenvalue weighted by Crippen LogP contribution is -2.03. The number of hydrogen-bond donors (Lipinski definition) is 1. The minimum Gasteiger partial charge on any atom is -0.467 e. The van der Waals surface area contributed by atoms with Gasteiger partial charge in [-0.25, -0.2) is 9.07 Å². The molecule has 3 rings (SSSR count). The minimum atomic E-state index is -0.344. The van der Waals surface area contributed by atoms with Gasteiger partial charge in [0.1, 0.15) is 17.9 Å². The molecule has 0 fully saturated rings. The van der Waals surface area contributed by atoms with Crippen LogP contribution in [0.4, 0.5) is 10.1 Å². The Balaban J connectivity index is 1.82. The molecule has 0 atom stereocenters. The van der Waals surface area contributed by atoms with Gasteiger partial charge in [-0.05, 0) is 40.8 Å². The van der Waals surface area contributed by atoms with Crippen LogP contribution in [0.2, 0.25) is 0 Å². The van der Waals surface area contributed by atoms with E-state index in [1.165, 1.54) is 17.1 Å². The number of aromatic nitrogens is 4. The maximum atomic E-state index is 13.7. The van der Waals surface area contributed by atoms with Crippen LogP contribution in [0.3, 0.4) is 0 Å². The summed E-state index contributed by atoms with van der Waals surface area (Å²) < 4.78 is 20.3. The van der Waals surface area contributed by atoms with E-state index >= 15 is 0 Å². The zero-order chi connectivity index (χ0) is 13.1. The topological polar surface area (TPSA) is 68.8 Å². The van der Waals surface area contributed by atoms with E-state index in [9.17, 15) is 4.39 Å². The molecule has 7 heteroatoms. The molecule has 0 spiro atoms. The van der Waals surface area contributed by atoms with E-state index in [-0.39, 0.29) is 5.82 Å². The lowest BCUT2D eigenvalue weighted by Gasteiger charge is -2.08. The highest BCUT2D eigenvalue weighted by Crippen LogP contribution is 2.19. The molecule has 3 aromatic rings. The van der Waals surface area contributed by atoms with E-state index in [1.54, 1.807) is 24.5 Å². The van der Waals surface area contributed by atoms with Crippen molar-refractivity contribution in [2.24, 2.45) is 0 Å². The first-order chi connectivity index (χ1) is 9.33. The second-order valence-corrected chi connectivity index (χ2v) is 3.85. The van der Waals surface area contributed by atoms with Gasteiger partial charge >= 0.3 is 0 Å². The SMILES string of the molecule is Fc1ccc(-n2cnnn2)cc1NCc1ccco1. The molecule has 0 aliphatic heterocycles. The van der Waals surface area contributed by atoms with Gasteiger partial charge in [0.2, 0.25) is 0 Å². The van der Waals surface area contributed by atoms with Gasteiger partial charge in [0.15, 0.2) is 0 Å². The zero-order valence-corrected chi connectivity index (χ0v) is 9.82. The second kappa shape index (κ2) is 4.89. The molecule has 2 heterocycles. The average Bonchev–Trinajstić information content (AvgIpc) is 3.11.